The van der Waals surface area contributed by atoms with Crippen LogP contribution < -0.4 is 0 Å². The van der Waals surface area contributed by atoms with E-state index in [0.29, 0.717) is 0 Å². The first-order chi connectivity index (χ1) is 11.8. The van der Waals surface area contributed by atoms with Crippen molar-refractivity contribution in [2.45, 2.75) is 110 Å². The van der Waals surface area contributed by atoms with Crippen LogP contribution >= 0.6 is 0 Å². The number of hydrogen-bond acceptors (Lipinski definition) is 2. The van der Waals surface area contributed by atoms with E-state index in [1.54, 1.807) is 0 Å². The summed E-state index contributed by atoms with van der Waals surface area (Å²) < 4.78 is 14.2. The van der Waals surface area contributed by atoms with Gasteiger partial charge >= 0.3 is 0 Å². The first-order valence-corrected chi connectivity index (χ1v) is 19.4. The second-order valence-corrected chi connectivity index (χ2v) is 22.0. The molecule has 1 atom stereocenters. The number of rotatable bonds is 13. The lowest BCUT2D eigenvalue weighted by Gasteiger charge is -2.54. The van der Waals surface area contributed by atoms with E-state index < -0.39 is 24.7 Å². The molecule has 0 saturated heterocycles. The van der Waals surface area contributed by atoms with E-state index in [1.807, 2.05) is 0 Å². The van der Waals surface area contributed by atoms with Crippen molar-refractivity contribution in [3.05, 3.63) is 24.6 Å². The maximum absolute atomic E-state index is 7.30. The fourth-order valence-corrected chi connectivity index (χ4v) is 14.6. The Morgan fingerprint density at radius 2 is 1.19 bits per heavy atom. The molecule has 0 radical (unpaired) electrons. The second-order valence-electron chi connectivity index (χ2n) is 9.25. The fourth-order valence-electron chi connectivity index (χ4n) is 4.29. The van der Waals surface area contributed by atoms with Gasteiger partial charge in [-0.25, -0.2) is 0 Å². The van der Waals surface area contributed by atoms with Gasteiger partial charge in [-0.15, -0.1) is 13.2 Å². The molecular formula is C21H46O2Si3. The molecule has 5 heteroatoms. The number of hydrogen-bond donors (Lipinski definition) is 0. The van der Waals surface area contributed by atoms with Gasteiger partial charge in [0.15, 0.2) is 0 Å². The summed E-state index contributed by atoms with van der Waals surface area (Å²) in [5.74, 6) is 0. The largest absolute Gasteiger partial charge is 0.411 e. The van der Waals surface area contributed by atoms with Crippen LogP contribution in [0.5, 0.6) is 0 Å². The zero-order chi connectivity index (χ0) is 20.9. The third kappa shape index (κ3) is 5.31. The smallest absolute Gasteiger partial charge is 0.217 e. The van der Waals surface area contributed by atoms with Crippen molar-refractivity contribution in [3.8, 4) is 0 Å². The first kappa shape index (κ1) is 26.1. The molecule has 26 heavy (non-hydrogen) atoms. The Labute approximate surface area is 167 Å². The van der Waals surface area contributed by atoms with Crippen LogP contribution in [0, 0.1) is 0 Å². The van der Waals surface area contributed by atoms with Gasteiger partial charge in [-0.3, -0.25) is 0 Å². The zero-order valence-electron chi connectivity index (χ0n) is 19.4. The fraction of sp³-hybridized carbons (Fsp3) is 0.810. The van der Waals surface area contributed by atoms with Crippen LogP contribution in [0.3, 0.4) is 0 Å². The summed E-state index contributed by atoms with van der Waals surface area (Å²) in [6.45, 7) is 31.4. The topological polar surface area (TPSA) is 18.5 Å². The van der Waals surface area contributed by atoms with Crippen molar-refractivity contribution < 1.29 is 8.85 Å². The van der Waals surface area contributed by atoms with Gasteiger partial charge in [-0.1, -0.05) is 58.6 Å². The summed E-state index contributed by atoms with van der Waals surface area (Å²) in [7, 11) is -5.84. The van der Waals surface area contributed by atoms with E-state index in [1.165, 1.54) is 0 Å². The molecule has 0 heterocycles. The molecule has 0 aromatic rings. The SMILES string of the molecule is C=C[Si](C)(C)OC(CC)(CC)[Si](C)(C)OC(CC)(CCC)[Si](C)(C)C=C. The molecule has 0 aliphatic carbocycles. The van der Waals surface area contributed by atoms with Crippen molar-refractivity contribution in [2.75, 3.05) is 0 Å². The average molecular weight is 415 g/mol. The van der Waals surface area contributed by atoms with Gasteiger partial charge in [-0.2, -0.15) is 0 Å². The Hall–Kier alpha value is 0.0506. The maximum Gasteiger partial charge on any atom is 0.217 e. The lowest BCUT2D eigenvalue weighted by Crippen LogP contribution is -2.68. The molecular weight excluding hydrogens is 368 g/mol. The van der Waals surface area contributed by atoms with E-state index in [-0.39, 0.29) is 10.4 Å². The summed E-state index contributed by atoms with van der Waals surface area (Å²) in [4.78, 5) is 0. The lowest BCUT2D eigenvalue weighted by molar-refractivity contribution is 0.0527. The quantitative estimate of drug-likeness (QED) is 0.297. The van der Waals surface area contributed by atoms with Crippen LogP contribution in [0.1, 0.15) is 59.8 Å². The molecule has 0 rings (SSSR count). The Balaban J connectivity index is 6.19. The van der Waals surface area contributed by atoms with Crippen LogP contribution in [0.2, 0.25) is 39.3 Å². The van der Waals surface area contributed by atoms with Crippen molar-refractivity contribution in [1.82, 2.24) is 0 Å². The monoisotopic (exact) mass is 414 g/mol. The molecule has 0 aliphatic heterocycles. The van der Waals surface area contributed by atoms with Gasteiger partial charge in [0, 0.05) is 0 Å². The highest BCUT2D eigenvalue weighted by Gasteiger charge is 2.55. The minimum atomic E-state index is -2.18. The molecule has 0 N–H and O–H groups in total. The van der Waals surface area contributed by atoms with E-state index in [0.717, 1.165) is 32.1 Å². The van der Waals surface area contributed by atoms with E-state index in [4.69, 9.17) is 8.85 Å². The van der Waals surface area contributed by atoms with Gasteiger partial charge in [0.1, 0.15) is 8.07 Å². The summed E-state index contributed by atoms with van der Waals surface area (Å²) in [5.41, 5.74) is 4.28. The van der Waals surface area contributed by atoms with Gasteiger partial charge in [-0.05, 0) is 51.9 Å². The molecule has 2 nitrogen and oxygen atoms in total. The average Bonchev–Trinajstić information content (AvgIpc) is 2.58. The van der Waals surface area contributed by atoms with E-state index >= 15 is 0 Å². The van der Waals surface area contributed by atoms with Crippen LogP contribution in [0.25, 0.3) is 0 Å². The lowest BCUT2D eigenvalue weighted by atomic mass is 10.1. The third-order valence-corrected chi connectivity index (χ3v) is 16.8. The van der Waals surface area contributed by atoms with Crippen LogP contribution in [-0.4, -0.2) is 35.2 Å². The molecule has 0 spiro atoms. The molecule has 0 aliphatic rings. The second kappa shape index (κ2) is 9.50. The molecule has 0 aromatic heterocycles. The van der Waals surface area contributed by atoms with Crippen molar-refractivity contribution in [2.24, 2.45) is 0 Å². The summed E-state index contributed by atoms with van der Waals surface area (Å²) in [5, 5.41) is -0.227. The van der Waals surface area contributed by atoms with Crippen molar-refractivity contribution in [3.63, 3.8) is 0 Å². The minimum absolute atomic E-state index is 0.0575. The Morgan fingerprint density at radius 1 is 0.731 bits per heavy atom. The molecule has 0 amide bonds. The van der Waals surface area contributed by atoms with Crippen molar-refractivity contribution >= 4 is 24.7 Å². The van der Waals surface area contributed by atoms with Crippen molar-refractivity contribution in [1.29, 1.82) is 0 Å². The van der Waals surface area contributed by atoms with Crippen LogP contribution in [0.15, 0.2) is 24.6 Å². The van der Waals surface area contributed by atoms with Crippen LogP contribution in [0.4, 0.5) is 0 Å². The predicted octanol–water partition coefficient (Wildman–Crippen LogP) is 7.17. The zero-order valence-corrected chi connectivity index (χ0v) is 22.4. The highest BCUT2D eigenvalue weighted by Crippen LogP contribution is 2.43. The molecule has 154 valence electrons. The molecule has 1 unspecified atom stereocenters. The predicted molar refractivity (Wildman–Crippen MR) is 126 cm³/mol. The molecule has 0 saturated carbocycles. The van der Waals surface area contributed by atoms with Crippen LogP contribution in [-0.2, 0) is 8.85 Å². The maximum atomic E-state index is 7.30. The highest BCUT2D eigenvalue weighted by atomic mass is 28.4. The third-order valence-electron chi connectivity index (χ3n) is 6.55. The molecule has 0 bridgehead atoms. The Morgan fingerprint density at radius 3 is 1.50 bits per heavy atom. The molecule has 0 aromatic carbocycles. The Bertz CT molecular complexity index is 468. The van der Waals surface area contributed by atoms with E-state index in [2.05, 4.69) is 91.5 Å². The Kier molecular flexibility index (Phi) is 9.52. The normalized spacial score (nSPS) is 16.2. The van der Waals surface area contributed by atoms with Gasteiger partial charge in [0.05, 0.1) is 10.4 Å². The van der Waals surface area contributed by atoms with Gasteiger partial charge in [0.25, 0.3) is 0 Å². The first-order valence-electron chi connectivity index (χ1n) is 10.5. The van der Waals surface area contributed by atoms with Gasteiger partial charge in [0.2, 0.25) is 16.6 Å². The summed E-state index contributed by atoms with van der Waals surface area (Å²) in [6, 6.07) is 0. The molecule has 0 fully saturated rings. The van der Waals surface area contributed by atoms with Gasteiger partial charge < -0.3 is 8.85 Å². The highest BCUT2D eigenvalue weighted by molar-refractivity contribution is 6.86. The standard InChI is InChI=1S/C21H46O2Si3/c1-13-19-21(16-4,24(7,8)17-5)23-26(11,12)20(14-2,15-3)22-25(9,10)18-6/h17-18H,5-6,13-16,19H2,1-4,7-12H3. The minimum Gasteiger partial charge on any atom is -0.411 e. The van der Waals surface area contributed by atoms with E-state index in [9.17, 15) is 0 Å². The summed E-state index contributed by atoms with van der Waals surface area (Å²) >= 11 is 0. The summed E-state index contributed by atoms with van der Waals surface area (Å²) in [6.07, 6.45) is 5.29.